The smallest absolute Gasteiger partial charge is 0.0437 e. The van der Waals surface area contributed by atoms with E-state index in [0.717, 1.165) is 0 Å². The van der Waals surface area contributed by atoms with Crippen LogP contribution < -0.4 is 0 Å². The second-order valence-corrected chi connectivity index (χ2v) is 9.04. The fourth-order valence-electron chi connectivity index (χ4n) is 4.52. The predicted octanol–water partition coefficient (Wildman–Crippen LogP) is 7.48. The molecule has 25 heavy (non-hydrogen) atoms. The highest BCUT2D eigenvalue weighted by atomic mass is 32.1. The monoisotopic (exact) mass is 342 g/mol. The Balaban J connectivity index is 1.97. The number of thiophene rings is 1. The zero-order chi connectivity index (χ0) is 17.3. The minimum absolute atomic E-state index is 0.0805. The third-order valence-corrected chi connectivity index (χ3v) is 7.15. The first-order valence-electron chi connectivity index (χ1n) is 9.08. The van der Waals surface area contributed by atoms with Gasteiger partial charge in [-0.1, -0.05) is 82.3 Å². The van der Waals surface area contributed by atoms with Gasteiger partial charge in [-0.2, -0.15) is 0 Å². The molecule has 0 aliphatic heterocycles. The number of hydrogen-bond donors (Lipinski definition) is 0. The molecule has 1 heteroatoms. The van der Waals surface area contributed by atoms with Gasteiger partial charge in [0, 0.05) is 31.2 Å². The number of benzene rings is 3. The molecule has 0 radical (unpaired) electrons. The number of fused-ring (bicyclic) bond motifs is 7. The van der Waals surface area contributed by atoms with Crippen LogP contribution >= 0.6 is 11.3 Å². The van der Waals surface area contributed by atoms with Gasteiger partial charge in [0.15, 0.2) is 0 Å². The van der Waals surface area contributed by atoms with E-state index in [1.165, 1.54) is 48.0 Å². The second kappa shape index (κ2) is 4.95. The van der Waals surface area contributed by atoms with Gasteiger partial charge in [-0.05, 0) is 28.2 Å². The van der Waals surface area contributed by atoms with E-state index in [9.17, 15) is 0 Å². The molecule has 0 atom stereocenters. The zero-order valence-electron chi connectivity index (χ0n) is 15.2. The van der Waals surface area contributed by atoms with Gasteiger partial charge in [0.05, 0.1) is 0 Å². The van der Waals surface area contributed by atoms with Crippen LogP contribution in [0.1, 0.15) is 50.3 Å². The van der Waals surface area contributed by atoms with Crippen LogP contribution in [0, 0.1) is 0 Å². The zero-order valence-corrected chi connectivity index (χ0v) is 16.0. The largest absolute Gasteiger partial charge is 0.134 e. The number of hydrogen-bond acceptors (Lipinski definition) is 1. The predicted molar refractivity (Wildman–Crippen MR) is 111 cm³/mol. The first kappa shape index (κ1) is 15.2. The molecular weight excluding hydrogens is 320 g/mol. The summed E-state index contributed by atoms with van der Waals surface area (Å²) in [7, 11) is 0. The fraction of sp³-hybridized carbons (Fsp3) is 0.250. The Morgan fingerprint density at radius 1 is 0.760 bits per heavy atom. The molecule has 0 saturated carbocycles. The van der Waals surface area contributed by atoms with Crippen LogP contribution in [0.15, 0.2) is 54.6 Å². The summed E-state index contributed by atoms with van der Waals surface area (Å²) < 4.78 is 2.92. The van der Waals surface area contributed by atoms with E-state index in [4.69, 9.17) is 0 Å². The van der Waals surface area contributed by atoms with Crippen molar-refractivity contribution >= 4 is 31.5 Å². The molecule has 3 aromatic carbocycles. The van der Waals surface area contributed by atoms with Crippen molar-refractivity contribution in [2.45, 2.75) is 39.0 Å². The minimum Gasteiger partial charge on any atom is -0.134 e. The van der Waals surface area contributed by atoms with Crippen molar-refractivity contribution in [1.29, 1.82) is 0 Å². The minimum atomic E-state index is 0.0805. The Morgan fingerprint density at radius 3 is 2.32 bits per heavy atom. The van der Waals surface area contributed by atoms with Crippen molar-refractivity contribution in [1.82, 2.24) is 0 Å². The average molecular weight is 343 g/mol. The van der Waals surface area contributed by atoms with E-state index >= 15 is 0 Å². The lowest BCUT2D eigenvalue weighted by molar-refractivity contribution is 0.661. The summed E-state index contributed by atoms with van der Waals surface area (Å²) in [5.74, 6) is 0.550. The van der Waals surface area contributed by atoms with Crippen LogP contribution in [-0.2, 0) is 5.41 Å². The molecule has 4 aromatic rings. The van der Waals surface area contributed by atoms with Gasteiger partial charge in [-0.3, -0.25) is 0 Å². The maximum absolute atomic E-state index is 2.37. The third-order valence-electron chi connectivity index (χ3n) is 5.86. The fourth-order valence-corrected chi connectivity index (χ4v) is 6.04. The highest BCUT2D eigenvalue weighted by molar-refractivity contribution is 7.26. The molecule has 0 N–H and O–H groups in total. The van der Waals surface area contributed by atoms with Crippen molar-refractivity contribution in [3.8, 4) is 11.1 Å². The van der Waals surface area contributed by atoms with Crippen LogP contribution in [0.2, 0.25) is 0 Å². The Labute approximate surface area is 153 Å². The van der Waals surface area contributed by atoms with Crippen LogP contribution in [0.4, 0.5) is 0 Å². The summed E-state index contributed by atoms with van der Waals surface area (Å²) in [6.45, 7) is 9.30. The topological polar surface area (TPSA) is 0 Å². The molecule has 1 aliphatic carbocycles. The molecule has 1 aromatic heterocycles. The van der Waals surface area contributed by atoms with Gasteiger partial charge >= 0.3 is 0 Å². The summed E-state index contributed by atoms with van der Waals surface area (Å²) in [5, 5.41) is 2.82. The quantitative estimate of drug-likeness (QED) is 0.336. The van der Waals surface area contributed by atoms with Crippen molar-refractivity contribution in [3.05, 3.63) is 71.3 Å². The normalized spacial score (nSPS) is 15.1. The molecule has 0 amide bonds. The molecule has 1 aliphatic rings. The molecule has 0 unspecified atom stereocenters. The van der Waals surface area contributed by atoms with Gasteiger partial charge in [-0.15, -0.1) is 11.3 Å². The first-order chi connectivity index (χ1) is 12.0. The van der Waals surface area contributed by atoms with E-state index in [-0.39, 0.29) is 5.41 Å². The highest BCUT2D eigenvalue weighted by Crippen LogP contribution is 2.54. The van der Waals surface area contributed by atoms with Crippen molar-refractivity contribution in [3.63, 3.8) is 0 Å². The van der Waals surface area contributed by atoms with E-state index < -0.39 is 0 Å². The Kier molecular flexibility index (Phi) is 3.00. The van der Waals surface area contributed by atoms with Crippen molar-refractivity contribution < 1.29 is 0 Å². The van der Waals surface area contributed by atoms with E-state index in [2.05, 4.69) is 82.3 Å². The standard InChI is InChI=1S/C24H22S/c1-14(2)15-9-7-10-16-17-12-13-20-21(23(17)25-22(15)16)18-8-5-6-11-19(18)24(20,3)4/h5-14H,1-4H3. The van der Waals surface area contributed by atoms with Crippen LogP contribution in [0.3, 0.4) is 0 Å². The Hall–Kier alpha value is -2.12. The second-order valence-electron chi connectivity index (χ2n) is 8.02. The molecule has 0 nitrogen and oxygen atoms in total. The third kappa shape index (κ3) is 1.88. The summed E-state index contributed by atoms with van der Waals surface area (Å²) in [6.07, 6.45) is 0. The summed E-state index contributed by atoms with van der Waals surface area (Å²) in [4.78, 5) is 0. The van der Waals surface area contributed by atoms with Crippen molar-refractivity contribution in [2.24, 2.45) is 0 Å². The molecule has 0 fully saturated rings. The SMILES string of the molecule is CC(C)c1cccc2c1sc1c3c(ccc12)C(C)(C)c1ccccc1-3. The molecule has 124 valence electrons. The summed E-state index contributed by atoms with van der Waals surface area (Å²) in [5.41, 5.74) is 7.37. The van der Waals surface area contributed by atoms with Crippen LogP contribution in [0.5, 0.6) is 0 Å². The van der Waals surface area contributed by atoms with E-state index in [1.54, 1.807) is 0 Å². The highest BCUT2D eigenvalue weighted by Gasteiger charge is 2.36. The lowest BCUT2D eigenvalue weighted by Crippen LogP contribution is -2.14. The average Bonchev–Trinajstić information content (AvgIpc) is 3.09. The Bertz CT molecular complexity index is 1140. The lowest BCUT2D eigenvalue weighted by Gasteiger charge is -2.21. The maximum atomic E-state index is 2.37. The van der Waals surface area contributed by atoms with E-state index in [1.807, 2.05) is 11.3 Å². The van der Waals surface area contributed by atoms with Crippen molar-refractivity contribution in [2.75, 3.05) is 0 Å². The summed E-state index contributed by atoms with van der Waals surface area (Å²) in [6, 6.07) is 20.5. The first-order valence-corrected chi connectivity index (χ1v) is 9.90. The van der Waals surface area contributed by atoms with E-state index in [0.29, 0.717) is 5.92 Å². The lowest BCUT2D eigenvalue weighted by atomic mass is 9.82. The van der Waals surface area contributed by atoms with Crippen LogP contribution in [-0.4, -0.2) is 0 Å². The summed E-state index contributed by atoms with van der Waals surface area (Å²) >= 11 is 1.99. The molecule has 5 rings (SSSR count). The Morgan fingerprint density at radius 2 is 1.52 bits per heavy atom. The molecule has 0 bridgehead atoms. The molecule has 1 heterocycles. The van der Waals surface area contributed by atoms with Gasteiger partial charge in [0.25, 0.3) is 0 Å². The van der Waals surface area contributed by atoms with Gasteiger partial charge in [0.2, 0.25) is 0 Å². The molecular formula is C24H22S. The van der Waals surface area contributed by atoms with Gasteiger partial charge in [0.1, 0.15) is 0 Å². The molecule has 0 saturated heterocycles. The van der Waals surface area contributed by atoms with Gasteiger partial charge < -0.3 is 0 Å². The molecule has 0 spiro atoms. The van der Waals surface area contributed by atoms with Gasteiger partial charge in [-0.25, -0.2) is 0 Å². The van der Waals surface area contributed by atoms with Crippen LogP contribution in [0.25, 0.3) is 31.3 Å². The number of rotatable bonds is 1. The maximum Gasteiger partial charge on any atom is 0.0437 e.